The number of hydrogen-bond donors (Lipinski definition) is 1. The molecular weight excluding hydrogens is 226 g/mol. The minimum absolute atomic E-state index is 0.383. The summed E-state index contributed by atoms with van der Waals surface area (Å²) in [7, 11) is 0. The fourth-order valence-electron chi connectivity index (χ4n) is 4.28. The molecule has 3 aliphatic rings. The van der Waals surface area contributed by atoms with Crippen molar-refractivity contribution in [3.63, 3.8) is 0 Å². The van der Waals surface area contributed by atoms with Gasteiger partial charge in [-0.2, -0.15) is 0 Å². The van der Waals surface area contributed by atoms with Crippen LogP contribution >= 0.6 is 0 Å². The maximum absolute atomic E-state index is 11.4. The maximum atomic E-state index is 11.4. The third-order valence-electron chi connectivity index (χ3n) is 5.57. The third-order valence-corrected chi connectivity index (χ3v) is 5.57. The van der Waals surface area contributed by atoms with Gasteiger partial charge in [0.1, 0.15) is 0 Å². The predicted molar refractivity (Wildman–Crippen MR) is 70.5 cm³/mol. The van der Waals surface area contributed by atoms with Gasteiger partial charge in [-0.1, -0.05) is 32.1 Å². The Hall–Kier alpha value is -0.570. The first-order valence-corrected chi connectivity index (χ1v) is 7.60. The number of hydrogen-bond acceptors (Lipinski definition) is 2. The average molecular weight is 251 g/mol. The predicted octanol–water partition coefficient (Wildman–Crippen LogP) is 2.90. The van der Waals surface area contributed by atoms with E-state index in [-0.39, 0.29) is 5.41 Å². The lowest BCUT2D eigenvalue weighted by molar-refractivity contribution is -0.160. The molecule has 1 spiro atoms. The molecule has 0 aromatic heterocycles. The van der Waals surface area contributed by atoms with Gasteiger partial charge < -0.3 is 10.0 Å². The fourth-order valence-corrected chi connectivity index (χ4v) is 4.28. The first-order chi connectivity index (χ1) is 8.64. The van der Waals surface area contributed by atoms with E-state index in [1.165, 1.54) is 51.6 Å². The lowest BCUT2D eigenvalue weighted by Gasteiger charge is -2.54. The van der Waals surface area contributed by atoms with Gasteiger partial charge in [0, 0.05) is 19.6 Å². The second kappa shape index (κ2) is 4.52. The van der Waals surface area contributed by atoms with Gasteiger partial charge in [0.2, 0.25) is 0 Å². The normalized spacial score (nSPS) is 30.2. The van der Waals surface area contributed by atoms with E-state index in [9.17, 15) is 9.90 Å². The van der Waals surface area contributed by atoms with Crippen molar-refractivity contribution in [2.75, 3.05) is 19.6 Å². The minimum atomic E-state index is -0.560. The van der Waals surface area contributed by atoms with Crippen molar-refractivity contribution in [2.24, 2.45) is 10.8 Å². The number of carboxylic acids is 1. The van der Waals surface area contributed by atoms with Crippen LogP contribution in [-0.4, -0.2) is 35.6 Å². The molecule has 0 atom stereocenters. The van der Waals surface area contributed by atoms with Crippen LogP contribution in [0.5, 0.6) is 0 Å². The van der Waals surface area contributed by atoms with Gasteiger partial charge in [-0.05, 0) is 31.1 Å². The molecule has 1 aliphatic heterocycles. The Morgan fingerprint density at radius 2 is 1.56 bits per heavy atom. The van der Waals surface area contributed by atoms with Gasteiger partial charge in [-0.3, -0.25) is 4.79 Å². The molecule has 0 aromatic carbocycles. The summed E-state index contributed by atoms with van der Waals surface area (Å²) in [6, 6.07) is 0. The van der Waals surface area contributed by atoms with Crippen LogP contribution in [0, 0.1) is 10.8 Å². The summed E-state index contributed by atoms with van der Waals surface area (Å²) in [6.07, 6.45) is 11.2. The van der Waals surface area contributed by atoms with E-state index in [0.717, 1.165) is 25.8 Å². The first kappa shape index (κ1) is 12.5. The molecule has 0 bridgehead atoms. The molecule has 3 fully saturated rings. The van der Waals surface area contributed by atoms with E-state index >= 15 is 0 Å². The Labute approximate surface area is 110 Å². The summed E-state index contributed by atoms with van der Waals surface area (Å²) in [6.45, 7) is 3.15. The molecule has 0 unspecified atom stereocenters. The highest BCUT2D eigenvalue weighted by atomic mass is 16.4. The third kappa shape index (κ3) is 2.07. The van der Waals surface area contributed by atoms with E-state index in [1.54, 1.807) is 0 Å². The Balaban J connectivity index is 1.54. The molecule has 0 amide bonds. The second-order valence-corrected chi connectivity index (χ2v) is 7.00. The first-order valence-electron chi connectivity index (χ1n) is 7.60. The van der Waals surface area contributed by atoms with Gasteiger partial charge in [-0.25, -0.2) is 0 Å². The van der Waals surface area contributed by atoms with E-state index in [2.05, 4.69) is 4.90 Å². The van der Waals surface area contributed by atoms with Crippen LogP contribution in [0.2, 0.25) is 0 Å². The van der Waals surface area contributed by atoms with Crippen molar-refractivity contribution in [2.45, 2.75) is 57.8 Å². The number of nitrogens with zero attached hydrogens (tertiary/aromatic N) is 1. The topological polar surface area (TPSA) is 40.5 Å². The van der Waals surface area contributed by atoms with E-state index in [0.29, 0.717) is 5.41 Å². The maximum Gasteiger partial charge on any atom is 0.310 e. The summed E-state index contributed by atoms with van der Waals surface area (Å²) in [5.74, 6) is -0.560. The van der Waals surface area contributed by atoms with Crippen LogP contribution in [-0.2, 0) is 4.79 Å². The monoisotopic (exact) mass is 251 g/mol. The highest BCUT2D eigenvalue weighted by Gasteiger charge is 2.50. The lowest BCUT2D eigenvalue weighted by Crippen LogP contribution is -2.60. The Morgan fingerprint density at radius 3 is 2.00 bits per heavy atom. The summed E-state index contributed by atoms with van der Waals surface area (Å²) >= 11 is 0. The number of aliphatic carboxylic acids is 1. The quantitative estimate of drug-likeness (QED) is 0.838. The molecule has 0 radical (unpaired) electrons. The molecule has 2 saturated carbocycles. The zero-order valence-corrected chi connectivity index (χ0v) is 11.3. The highest BCUT2D eigenvalue weighted by molar-refractivity contribution is 5.76. The van der Waals surface area contributed by atoms with Crippen LogP contribution in [0.25, 0.3) is 0 Å². The van der Waals surface area contributed by atoms with Crippen LogP contribution in [0.15, 0.2) is 0 Å². The number of rotatable bonds is 3. The molecule has 102 valence electrons. The molecule has 1 N–H and O–H groups in total. The van der Waals surface area contributed by atoms with Crippen LogP contribution in [0.1, 0.15) is 57.8 Å². The summed E-state index contributed by atoms with van der Waals surface area (Å²) in [5.41, 5.74) is 0.187. The van der Waals surface area contributed by atoms with Gasteiger partial charge in [0.15, 0.2) is 0 Å². The van der Waals surface area contributed by atoms with Gasteiger partial charge in [0.05, 0.1) is 5.41 Å². The highest BCUT2D eigenvalue weighted by Crippen LogP contribution is 2.47. The van der Waals surface area contributed by atoms with Crippen molar-refractivity contribution >= 4 is 5.97 Å². The summed E-state index contributed by atoms with van der Waals surface area (Å²) in [5, 5.41) is 9.37. The summed E-state index contributed by atoms with van der Waals surface area (Å²) < 4.78 is 0. The lowest BCUT2D eigenvalue weighted by atomic mass is 9.66. The number of carboxylic acid groups (broad SMARTS) is 1. The van der Waals surface area contributed by atoms with Crippen LogP contribution in [0.4, 0.5) is 0 Å². The van der Waals surface area contributed by atoms with Crippen molar-refractivity contribution in [1.82, 2.24) is 4.90 Å². The van der Waals surface area contributed by atoms with Crippen LogP contribution < -0.4 is 0 Å². The smallest absolute Gasteiger partial charge is 0.310 e. The van der Waals surface area contributed by atoms with Gasteiger partial charge in [-0.15, -0.1) is 0 Å². The molecule has 1 heterocycles. The molecule has 2 aliphatic carbocycles. The molecular formula is C15H25NO2. The number of carbonyl (C=O) groups is 1. The van der Waals surface area contributed by atoms with Gasteiger partial charge >= 0.3 is 5.97 Å². The second-order valence-electron chi connectivity index (χ2n) is 7.00. The zero-order valence-electron chi connectivity index (χ0n) is 11.3. The van der Waals surface area contributed by atoms with Crippen LogP contribution in [0.3, 0.4) is 0 Å². The molecule has 18 heavy (non-hydrogen) atoms. The fraction of sp³-hybridized carbons (Fsp3) is 0.933. The van der Waals surface area contributed by atoms with Crippen molar-refractivity contribution < 1.29 is 9.90 Å². The average Bonchev–Trinajstić information content (AvgIpc) is 2.46. The van der Waals surface area contributed by atoms with Crippen molar-refractivity contribution in [1.29, 1.82) is 0 Å². The van der Waals surface area contributed by atoms with Crippen molar-refractivity contribution in [3.05, 3.63) is 0 Å². The molecule has 3 rings (SSSR count). The van der Waals surface area contributed by atoms with E-state index in [1.807, 2.05) is 0 Å². The molecule has 3 nitrogen and oxygen atoms in total. The Morgan fingerprint density at radius 1 is 0.944 bits per heavy atom. The standard InChI is InChI=1S/C15H25NO2/c17-13(18)15(8-5-9-15)12-16-10-14(11-16)6-3-1-2-4-7-14/h1-12H2,(H,17,18). The number of likely N-dealkylation sites (tertiary alicyclic amines) is 1. The van der Waals surface area contributed by atoms with Crippen molar-refractivity contribution in [3.8, 4) is 0 Å². The Bertz CT molecular complexity index is 319. The van der Waals surface area contributed by atoms with Gasteiger partial charge in [0.25, 0.3) is 0 Å². The SMILES string of the molecule is O=C(O)C1(CN2CC3(CCCCCC3)C2)CCC1. The molecule has 3 heteroatoms. The Kier molecular flexibility index (Phi) is 3.13. The minimum Gasteiger partial charge on any atom is -0.481 e. The largest absolute Gasteiger partial charge is 0.481 e. The zero-order chi connectivity index (χ0) is 12.6. The molecule has 1 saturated heterocycles. The molecule has 0 aromatic rings. The summed E-state index contributed by atoms with van der Waals surface area (Å²) in [4.78, 5) is 13.8. The van der Waals surface area contributed by atoms with E-state index < -0.39 is 5.97 Å². The van der Waals surface area contributed by atoms with E-state index in [4.69, 9.17) is 0 Å².